The van der Waals surface area contributed by atoms with E-state index in [-0.39, 0.29) is 5.91 Å². The van der Waals surface area contributed by atoms with Crippen LogP contribution in [0.15, 0.2) is 22.8 Å². The Hall–Kier alpha value is -0.940. The molecule has 0 bridgehead atoms. The second-order valence-electron chi connectivity index (χ2n) is 3.62. The van der Waals surface area contributed by atoms with Crippen LogP contribution in [0.25, 0.3) is 0 Å². The first-order valence-electron chi connectivity index (χ1n) is 5.80. The van der Waals surface area contributed by atoms with E-state index in [2.05, 4.69) is 45.0 Å². The van der Waals surface area contributed by atoms with Gasteiger partial charge >= 0.3 is 0 Å². The van der Waals surface area contributed by atoms with Gasteiger partial charge in [-0.2, -0.15) is 0 Å². The Kier molecular flexibility index (Phi) is 6.15. The fourth-order valence-electron chi connectivity index (χ4n) is 1.50. The van der Waals surface area contributed by atoms with Crippen molar-refractivity contribution in [1.82, 2.24) is 15.2 Å². The molecule has 1 aromatic heterocycles. The van der Waals surface area contributed by atoms with Crippen molar-refractivity contribution < 1.29 is 4.79 Å². The molecule has 1 N–H and O–H groups in total. The molecule has 0 spiro atoms. The molecule has 1 heterocycles. The molecule has 0 aromatic carbocycles. The first-order valence-corrected chi connectivity index (χ1v) is 6.59. The van der Waals surface area contributed by atoms with E-state index in [1.807, 2.05) is 6.07 Å². The maximum absolute atomic E-state index is 11.8. The highest BCUT2D eigenvalue weighted by Gasteiger charge is 2.10. The van der Waals surface area contributed by atoms with Crippen molar-refractivity contribution >= 4 is 21.8 Å². The van der Waals surface area contributed by atoms with Gasteiger partial charge in [0.1, 0.15) is 5.69 Å². The molecule has 1 aromatic rings. The molecule has 94 valence electrons. The Morgan fingerprint density at radius 2 is 2.18 bits per heavy atom. The van der Waals surface area contributed by atoms with Gasteiger partial charge in [-0.1, -0.05) is 13.8 Å². The van der Waals surface area contributed by atoms with Gasteiger partial charge in [-0.25, -0.2) is 4.98 Å². The zero-order valence-electron chi connectivity index (χ0n) is 10.2. The molecule has 0 saturated carbocycles. The Morgan fingerprint density at radius 3 is 2.76 bits per heavy atom. The lowest BCUT2D eigenvalue weighted by Crippen LogP contribution is -2.35. The highest BCUT2D eigenvalue weighted by atomic mass is 79.9. The number of aromatic nitrogens is 1. The van der Waals surface area contributed by atoms with Crippen LogP contribution in [0.1, 0.15) is 24.3 Å². The van der Waals surface area contributed by atoms with Gasteiger partial charge < -0.3 is 10.2 Å². The molecule has 0 unspecified atom stereocenters. The van der Waals surface area contributed by atoms with Gasteiger partial charge in [0.15, 0.2) is 0 Å². The van der Waals surface area contributed by atoms with Gasteiger partial charge in [-0.05, 0) is 41.2 Å². The highest BCUT2D eigenvalue weighted by molar-refractivity contribution is 9.10. The molecule has 5 heteroatoms. The van der Waals surface area contributed by atoms with Crippen LogP contribution >= 0.6 is 15.9 Å². The highest BCUT2D eigenvalue weighted by Crippen LogP contribution is 2.12. The molecule has 1 rings (SSSR count). The summed E-state index contributed by atoms with van der Waals surface area (Å²) in [5.41, 5.74) is 0.437. The molecule has 0 saturated heterocycles. The van der Waals surface area contributed by atoms with Crippen LogP contribution in [-0.4, -0.2) is 42.0 Å². The molecule has 1 amide bonds. The Morgan fingerprint density at radius 1 is 1.47 bits per heavy atom. The maximum Gasteiger partial charge on any atom is 0.271 e. The largest absolute Gasteiger partial charge is 0.349 e. The molecular formula is C12H18BrN3O. The van der Waals surface area contributed by atoms with E-state index in [4.69, 9.17) is 0 Å². The van der Waals surface area contributed by atoms with Crippen LogP contribution < -0.4 is 5.32 Å². The van der Waals surface area contributed by atoms with Crippen LogP contribution in [0.4, 0.5) is 0 Å². The number of carbonyl (C=O) groups excluding carboxylic acids is 1. The van der Waals surface area contributed by atoms with Crippen molar-refractivity contribution in [2.45, 2.75) is 13.8 Å². The van der Waals surface area contributed by atoms with Gasteiger partial charge in [-0.3, -0.25) is 4.79 Å². The number of nitrogens with zero attached hydrogens (tertiary/aromatic N) is 2. The third kappa shape index (κ3) is 4.44. The number of amides is 1. The summed E-state index contributed by atoms with van der Waals surface area (Å²) in [6, 6.07) is 3.60. The number of likely N-dealkylation sites (N-methyl/N-ethyl adjacent to an activating group) is 1. The molecule has 0 aliphatic heterocycles. The minimum absolute atomic E-state index is 0.135. The van der Waals surface area contributed by atoms with Crippen molar-refractivity contribution in [1.29, 1.82) is 0 Å². The van der Waals surface area contributed by atoms with Gasteiger partial charge in [-0.15, -0.1) is 0 Å². The van der Waals surface area contributed by atoms with Crippen LogP contribution in [0.3, 0.4) is 0 Å². The smallest absolute Gasteiger partial charge is 0.271 e. The normalized spacial score (nSPS) is 10.6. The molecule has 0 radical (unpaired) electrons. The van der Waals surface area contributed by atoms with E-state index < -0.39 is 0 Å². The van der Waals surface area contributed by atoms with Crippen LogP contribution in [0.5, 0.6) is 0 Å². The molecule has 0 aliphatic carbocycles. The zero-order chi connectivity index (χ0) is 12.7. The van der Waals surface area contributed by atoms with Crippen LogP contribution in [-0.2, 0) is 0 Å². The van der Waals surface area contributed by atoms with Gasteiger partial charge in [0.2, 0.25) is 0 Å². The average molecular weight is 300 g/mol. The molecule has 4 nitrogen and oxygen atoms in total. The summed E-state index contributed by atoms with van der Waals surface area (Å²) in [6.07, 6.45) is 1.62. The number of rotatable bonds is 6. The monoisotopic (exact) mass is 299 g/mol. The number of hydrogen-bond acceptors (Lipinski definition) is 3. The van der Waals surface area contributed by atoms with Crippen molar-refractivity contribution in [3.8, 4) is 0 Å². The first-order chi connectivity index (χ1) is 8.19. The quantitative estimate of drug-likeness (QED) is 0.873. The summed E-state index contributed by atoms with van der Waals surface area (Å²) in [5, 5.41) is 2.87. The van der Waals surface area contributed by atoms with Crippen molar-refractivity contribution in [3.05, 3.63) is 28.5 Å². The van der Waals surface area contributed by atoms with Crippen molar-refractivity contribution in [2.75, 3.05) is 26.2 Å². The topological polar surface area (TPSA) is 45.2 Å². The molecule has 0 aliphatic rings. The summed E-state index contributed by atoms with van der Waals surface area (Å²) in [5.74, 6) is -0.135. The van der Waals surface area contributed by atoms with Crippen LogP contribution in [0.2, 0.25) is 0 Å². The number of halogens is 1. The summed E-state index contributed by atoms with van der Waals surface area (Å²) < 4.78 is 0.723. The van der Waals surface area contributed by atoms with E-state index in [0.717, 1.165) is 24.1 Å². The minimum Gasteiger partial charge on any atom is -0.349 e. The van der Waals surface area contributed by atoms with E-state index >= 15 is 0 Å². The lowest BCUT2D eigenvalue weighted by molar-refractivity contribution is 0.0943. The lowest BCUT2D eigenvalue weighted by Gasteiger charge is -2.17. The number of pyridine rings is 1. The molecular weight excluding hydrogens is 282 g/mol. The maximum atomic E-state index is 11.8. The summed E-state index contributed by atoms with van der Waals surface area (Å²) in [6.45, 7) is 7.73. The lowest BCUT2D eigenvalue weighted by atomic mass is 10.3. The first kappa shape index (κ1) is 14.1. The Balaban J connectivity index is 2.43. The van der Waals surface area contributed by atoms with Crippen molar-refractivity contribution in [2.24, 2.45) is 0 Å². The fourth-order valence-corrected chi connectivity index (χ4v) is 1.94. The van der Waals surface area contributed by atoms with Crippen LogP contribution in [0, 0.1) is 0 Å². The minimum atomic E-state index is -0.135. The fraction of sp³-hybridized carbons (Fsp3) is 0.500. The number of hydrogen-bond donors (Lipinski definition) is 1. The predicted octanol–water partition coefficient (Wildman–Crippen LogP) is 1.92. The molecule has 0 atom stereocenters. The predicted molar refractivity (Wildman–Crippen MR) is 72.1 cm³/mol. The van der Waals surface area contributed by atoms with Gasteiger partial charge in [0, 0.05) is 23.8 Å². The van der Waals surface area contributed by atoms with E-state index in [1.165, 1.54) is 0 Å². The Labute approximate surface area is 111 Å². The molecule has 17 heavy (non-hydrogen) atoms. The third-order valence-electron chi connectivity index (χ3n) is 2.58. The van der Waals surface area contributed by atoms with Crippen molar-refractivity contribution in [3.63, 3.8) is 0 Å². The van der Waals surface area contributed by atoms with E-state index in [9.17, 15) is 4.79 Å². The van der Waals surface area contributed by atoms with E-state index in [0.29, 0.717) is 12.2 Å². The number of nitrogens with one attached hydrogen (secondary N) is 1. The standard InChI is InChI=1S/C12H18BrN3O/c1-3-16(4-2)9-8-15-12(17)11-10(13)6-5-7-14-11/h5-7H,3-4,8-9H2,1-2H3,(H,15,17). The summed E-state index contributed by atoms with van der Waals surface area (Å²) in [7, 11) is 0. The second-order valence-corrected chi connectivity index (χ2v) is 4.47. The Bertz CT molecular complexity index is 367. The molecule has 0 fully saturated rings. The zero-order valence-corrected chi connectivity index (χ0v) is 11.8. The van der Waals surface area contributed by atoms with E-state index in [1.54, 1.807) is 12.3 Å². The summed E-state index contributed by atoms with van der Waals surface area (Å²) >= 11 is 3.31. The number of carbonyl (C=O) groups is 1. The average Bonchev–Trinajstić information content (AvgIpc) is 2.35. The summed E-state index contributed by atoms with van der Waals surface area (Å²) in [4.78, 5) is 18.1. The third-order valence-corrected chi connectivity index (χ3v) is 3.22. The van der Waals surface area contributed by atoms with Gasteiger partial charge in [0.25, 0.3) is 5.91 Å². The van der Waals surface area contributed by atoms with Gasteiger partial charge in [0.05, 0.1) is 0 Å². The second kappa shape index (κ2) is 7.40. The SMILES string of the molecule is CCN(CC)CCNC(=O)c1ncccc1Br.